The summed E-state index contributed by atoms with van der Waals surface area (Å²) in [6, 6.07) is 13.2. The summed E-state index contributed by atoms with van der Waals surface area (Å²) in [7, 11) is 0. The van der Waals surface area contributed by atoms with E-state index >= 15 is 0 Å². The average Bonchev–Trinajstić information content (AvgIpc) is 3.21. The lowest BCUT2D eigenvalue weighted by Crippen LogP contribution is -2.65. The monoisotopic (exact) mass is 654 g/mol. The third kappa shape index (κ3) is 5.97. The molecule has 2 aromatic carbocycles. The zero-order valence-electron chi connectivity index (χ0n) is 19.7. The predicted molar refractivity (Wildman–Crippen MR) is 142 cm³/mol. The van der Waals surface area contributed by atoms with E-state index in [-0.39, 0.29) is 11.7 Å². The molecule has 1 unspecified atom stereocenters. The van der Waals surface area contributed by atoms with Crippen LogP contribution in [0.1, 0.15) is 39.7 Å². The highest BCUT2D eigenvalue weighted by Gasteiger charge is 2.49. The lowest BCUT2D eigenvalue weighted by Gasteiger charge is -2.51. The second-order valence-electron chi connectivity index (χ2n) is 9.63. The Kier molecular flexibility index (Phi) is 7.81. The summed E-state index contributed by atoms with van der Waals surface area (Å²) in [4.78, 5) is 26.8. The largest absolute Gasteiger partial charge is 0.509 e. The molecule has 3 fully saturated rings. The van der Waals surface area contributed by atoms with Crippen molar-refractivity contribution >= 4 is 55.1 Å². The van der Waals surface area contributed by atoms with E-state index in [0.29, 0.717) is 33.6 Å². The number of fused-ring (bicyclic) bond motifs is 3. The molecule has 3 aliphatic rings. The third-order valence-corrected chi connectivity index (χ3v) is 9.76. The number of rotatable bonds is 7. The van der Waals surface area contributed by atoms with E-state index < -0.39 is 30.0 Å². The average molecular weight is 656 g/mol. The molecule has 0 radical (unpaired) electrons. The van der Waals surface area contributed by atoms with Crippen LogP contribution in [0.5, 0.6) is 0 Å². The van der Waals surface area contributed by atoms with E-state index in [0.717, 1.165) is 34.2 Å². The Morgan fingerprint density at radius 1 is 1.00 bits per heavy atom. The predicted octanol–water partition coefficient (Wildman–Crippen LogP) is 7.29. The van der Waals surface area contributed by atoms with Crippen molar-refractivity contribution in [2.24, 2.45) is 5.92 Å². The van der Waals surface area contributed by atoms with Crippen molar-refractivity contribution in [1.29, 1.82) is 0 Å². The van der Waals surface area contributed by atoms with Crippen LogP contribution in [-0.4, -0.2) is 48.7 Å². The molecule has 37 heavy (non-hydrogen) atoms. The number of benzene rings is 2. The summed E-state index contributed by atoms with van der Waals surface area (Å²) in [5, 5.41) is 0. The summed E-state index contributed by atoms with van der Waals surface area (Å²) in [5.41, 5.74) is 0.747. The minimum absolute atomic E-state index is 0.0570. The van der Waals surface area contributed by atoms with Crippen LogP contribution in [0.15, 0.2) is 62.9 Å². The van der Waals surface area contributed by atoms with Crippen molar-refractivity contribution in [3.05, 3.63) is 90.5 Å². The Labute approximate surface area is 234 Å². The molecule has 1 atom stereocenters. The highest BCUT2D eigenvalue weighted by molar-refractivity contribution is 9.11. The lowest BCUT2D eigenvalue weighted by molar-refractivity contribution is -0.938. The summed E-state index contributed by atoms with van der Waals surface area (Å²) >= 11 is 8.30. The summed E-state index contributed by atoms with van der Waals surface area (Å²) in [5.74, 6) is -0.740. The molecule has 2 bridgehead atoms. The number of hydrogen-bond donors (Lipinski definition) is 0. The maximum atomic E-state index is 13.9. The van der Waals surface area contributed by atoms with Crippen molar-refractivity contribution in [3.8, 4) is 0 Å². The topological polar surface area (TPSA) is 52.6 Å². The second-order valence-corrected chi connectivity index (χ2v) is 12.9. The molecule has 3 aromatic rings. The van der Waals surface area contributed by atoms with Gasteiger partial charge in [-0.1, -0.05) is 24.3 Å². The van der Waals surface area contributed by atoms with Gasteiger partial charge in [0.1, 0.15) is 24.7 Å². The molecule has 4 heterocycles. The first-order valence-electron chi connectivity index (χ1n) is 11.9. The van der Waals surface area contributed by atoms with Gasteiger partial charge in [0.2, 0.25) is 5.78 Å². The van der Waals surface area contributed by atoms with Crippen LogP contribution in [0, 0.1) is 17.6 Å². The quantitative estimate of drug-likeness (QED) is 0.152. The van der Waals surface area contributed by atoms with Crippen LogP contribution in [-0.2, 0) is 9.47 Å². The van der Waals surface area contributed by atoms with Gasteiger partial charge in [0.05, 0.1) is 21.8 Å². The molecule has 3 aliphatic heterocycles. The molecule has 5 nitrogen and oxygen atoms in total. The fraction of sp³-hybridized carbons (Fsp3) is 0.333. The number of nitrogens with zero attached hydrogens (tertiary/aromatic N) is 1. The van der Waals surface area contributed by atoms with E-state index in [1.54, 1.807) is 12.1 Å². The number of ketones is 1. The van der Waals surface area contributed by atoms with E-state index in [2.05, 4.69) is 31.9 Å². The first-order chi connectivity index (χ1) is 17.7. The van der Waals surface area contributed by atoms with Crippen molar-refractivity contribution in [1.82, 2.24) is 0 Å². The number of carbonyl (C=O) groups is 2. The third-order valence-electron chi connectivity index (χ3n) is 7.19. The first-order valence-corrected chi connectivity index (χ1v) is 14.3. The van der Waals surface area contributed by atoms with Gasteiger partial charge in [0.25, 0.3) is 0 Å². The molecular weight excluding hydrogens is 632 g/mol. The number of thiophene rings is 1. The summed E-state index contributed by atoms with van der Waals surface area (Å²) in [6.45, 7) is 2.57. The van der Waals surface area contributed by atoms with Crippen LogP contribution >= 0.6 is 43.2 Å². The Bertz CT molecular complexity index is 1280. The van der Waals surface area contributed by atoms with Gasteiger partial charge in [-0.25, -0.2) is 13.6 Å². The summed E-state index contributed by atoms with van der Waals surface area (Å²) < 4.78 is 41.6. The van der Waals surface area contributed by atoms with Gasteiger partial charge < -0.3 is 14.0 Å². The van der Waals surface area contributed by atoms with Gasteiger partial charge >= 0.3 is 6.16 Å². The Morgan fingerprint density at radius 3 is 2.16 bits per heavy atom. The van der Waals surface area contributed by atoms with E-state index in [1.807, 2.05) is 6.07 Å². The van der Waals surface area contributed by atoms with Crippen LogP contribution in [0.25, 0.3) is 0 Å². The van der Waals surface area contributed by atoms with E-state index in [1.165, 1.54) is 47.7 Å². The standard InChI is InChI=1S/C27H24Br2F2NO4S/c28-21-13-24(29)37-26(21)22(33)14-32-9-7-16(8-10-32)23(15-32)35-27(34)36-25(17-3-1-5-19(30)11-17)18-4-2-6-20(31)12-18/h1-6,11-13,16,23,25H,7-10,14-15H2/q+1. The molecule has 6 rings (SSSR count). The number of piperidine rings is 3. The van der Waals surface area contributed by atoms with Gasteiger partial charge in [-0.05, 0) is 62.2 Å². The Morgan fingerprint density at radius 2 is 1.62 bits per heavy atom. The number of hydrogen-bond acceptors (Lipinski definition) is 5. The molecule has 194 valence electrons. The normalized spacial score (nSPS) is 22.7. The van der Waals surface area contributed by atoms with Crippen LogP contribution in [0.2, 0.25) is 0 Å². The Balaban J connectivity index is 1.30. The van der Waals surface area contributed by atoms with Gasteiger partial charge in [-0.3, -0.25) is 4.79 Å². The fourth-order valence-electron chi connectivity index (χ4n) is 5.40. The molecular formula is C27H24Br2F2NO4S+. The SMILES string of the molecule is O=C(OC(c1cccc(F)c1)c1cccc(F)c1)OC1C[N+]2(CC(=O)c3sc(Br)cc3Br)CCC1CC2. The van der Waals surface area contributed by atoms with Gasteiger partial charge in [0.15, 0.2) is 12.2 Å². The van der Waals surface area contributed by atoms with Crippen LogP contribution in [0.3, 0.4) is 0 Å². The van der Waals surface area contributed by atoms with E-state index in [4.69, 9.17) is 9.47 Å². The summed E-state index contributed by atoms with van der Waals surface area (Å²) in [6.07, 6.45) is -0.636. The van der Waals surface area contributed by atoms with Crippen LogP contribution < -0.4 is 0 Å². The van der Waals surface area contributed by atoms with Crippen molar-refractivity contribution in [2.45, 2.75) is 25.0 Å². The first kappa shape index (κ1) is 26.5. The molecule has 0 amide bonds. The molecule has 0 aliphatic carbocycles. The minimum Gasteiger partial charge on any atom is -0.425 e. The molecule has 1 aromatic heterocycles. The highest BCUT2D eigenvalue weighted by Crippen LogP contribution is 2.38. The van der Waals surface area contributed by atoms with Crippen molar-refractivity contribution in [2.75, 3.05) is 26.2 Å². The zero-order valence-corrected chi connectivity index (χ0v) is 23.7. The molecule has 0 N–H and O–H groups in total. The number of quaternary nitrogens is 1. The molecule has 3 saturated heterocycles. The number of ether oxygens (including phenoxy) is 2. The Hall–Kier alpha value is -2.14. The van der Waals surface area contributed by atoms with Gasteiger partial charge in [-0.15, -0.1) is 11.3 Å². The smallest absolute Gasteiger partial charge is 0.425 e. The maximum absolute atomic E-state index is 13.9. The number of carbonyl (C=O) groups excluding carboxylic acids is 2. The lowest BCUT2D eigenvalue weighted by atomic mass is 9.83. The maximum Gasteiger partial charge on any atom is 0.509 e. The van der Waals surface area contributed by atoms with Gasteiger partial charge in [-0.2, -0.15) is 0 Å². The second kappa shape index (κ2) is 10.9. The number of halogens is 4. The van der Waals surface area contributed by atoms with Crippen molar-refractivity contribution < 1.29 is 32.3 Å². The number of Topliss-reactive ketones (excluding diaryl/α,β-unsaturated/α-hetero) is 1. The van der Waals surface area contributed by atoms with Crippen molar-refractivity contribution in [3.63, 3.8) is 0 Å². The van der Waals surface area contributed by atoms with Crippen LogP contribution in [0.4, 0.5) is 13.6 Å². The highest BCUT2D eigenvalue weighted by atomic mass is 79.9. The fourth-order valence-corrected chi connectivity index (χ4v) is 7.97. The minimum atomic E-state index is -1.03. The molecule has 0 saturated carbocycles. The van der Waals surface area contributed by atoms with E-state index in [9.17, 15) is 18.4 Å². The zero-order chi connectivity index (χ0) is 26.2. The van der Waals surface area contributed by atoms with Gasteiger partial charge in [0, 0.05) is 34.4 Å². The molecule has 10 heteroatoms. The molecule has 0 spiro atoms.